The van der Waals surface area contributed by atoms with Crippen LogP contribution >= 0.6 is 0 Å². The molecule has 1 heterocycles. The van der Waals surface area contributed by atoms with Crippen molar-refractivity contribution in [3.63, 3.8) is 0 Å². The molecule has 1 aromatic rings. The third kappa shape index (κ3) is 1.70. The predicted molar refractivity (Wildman–Crippen MR) is 53.6 cm³/mol. The molecule has 0 aliphatic carbocycles. The minimum Gasteiger partial charge on any atom is -0.462 e. The van der Waals surface area contributed by atoms with Crippen LogP contribution in [0.2, 0.25) is 0 Å². The van der Waals surface area contributed by atoms with Gasteiger partial charge in [-0.1, -0.05) is 6.07 Å². The first-order valence-corrected chi connectivity index (χ1v) is 4.80. The molecule has 0 aromatic heterocycles. The number of amides is 1. The second-order valence-corrected chi connectivity index (χ2v) is 3.28. The van der Waals surface area contributed by atoms with Crippen molar-refractivity contribution in [3.05, 3.63) is 34.9 Å². The fraction of sp³-hybridized carbons (Fsp3) is 0.273. The monoisotopic (exact) mass is 205 g/mol. The Hall–Kier alpha value is -1.84. The number of benzene rings is 1. The third-order valence-corrected chi connectivity index (χ3v) is 2.31. The number of carbonyl (C=O) groups is 2. The molecule has 1 aliphatic rings. The average Bonchev–Trinajstić information content (AvgIpc) is 2.60. The highest BCUT2D eigenvalue weighted by molar-refractivity contribution is 6.01. The van der Waals surface area contributed by atoms with Crippen molar-refractivity contribution >= 4 is 11.9 Å². The predicted octanol–water partition coefficient (Wildman–Crippen LogP) is 1.11. The molecule has 4 heteroatoms. The van der Waals surface area contributed by atoms with Gasteiger partial charge in [-0.2, -0.15) is 0 Å². The quantitative estimate of drug-likeness (QED) is 0.736. The van der Waals surface area contributed by atoms with Gasteiger partial charge in [0.25, 0.3) is 5.91 Å². The fourth-order valence-corrected chi connectivity index (χ4v) is 1.55. The van der Waals surface area contributed by atoms with E-state index in [0.717, 1.165) is 5.56 Å². The zero-order valence-electron chi connectivity index (χ0n) is 8.37. The van der Waals surface area contributed by atoms with Gasteiger partial charge in [0, 0.05) is 12.1 Å². The van der Waals surface area contributed by atoms with Crippen LogP contribution < -0.4 is 5.32 Å². The Morgan fingerprint density at radius 3 is 3.07 bits per heavy atom. The number of fused-ring (bicyclic) bond motifs is 1. The van der Waals surface area contributed by atoms with Crippen LogP contribution in [-0.4, -0.2) is 18.5 Å². The molecule has 1 N–H and O–H groups in total. The third-order valence-electron chi connectivity index (χ3n) is 2.31. The number of ether oxygens (including phenoxy) is 1. The second kappa shape index (κ2) is 3.73. The largest absolute Gasteiger partial charge is 0.462 e. The Morgan fingerprint density at radius 2 is 2.33 bits per heavy atom. The van der Waals surface area contributed by atoms with Crippen LogP contribution in [0.5, 0.6) is 0 Å². The van der Waals surface area contributed by atoms with E-state index in [4.69, 9.17) is 4.74 Å². The summed E-state index contributed by atoms with van der Waals surface area (Å²) in [5, 5.41) is 2.69. The van der Waals surface area contributed by atoms with Gasteiger partial charge in [0.1, 0.15) is 0 Å². The molecule has 0 unspecified atom stereocenters. The van der Waals surface area contributed by atoms with Crippen molar-refractivity contribution < 1.29 is 14.3 Å². The molecule has 0 saturated carbocycles. The molecule has 15 heavy (non-hydrogen) atoms. The molecule has 4 nitrogen and oxygen atoms in total. The maximum atomic E-state index is 11.4. The van der Waals surface area contributed by atoms with E-state index in [9.17, 15) is 9.59 Å². The summed E-state index contributed by atoms with van der Waals surface area (Å²) in [5.74, 6) is -0.517. The van der Waals surface area contributed by atoms with E-state index < -0.39 is 0 Å². The Bertz CT molecular complexity index is 426. The van der Waals surface area contributed by atoms with Crippen LogP contribution in [0.1, 0.15) is 33.2 Å². The van der Waals surface area contributed by atoms with E-state index in [1.807, 2.05) is 0 Å². The van der Waals surface area contributed by atoms with Gasteiger partial charge in [-0.25, -0.2) is 4.79 Å². The Morgan fingerprint density at radius 1 is 1.53 bits per heavy atom. The van der Waals surface area contributed by atoms with Crippen LogP contribution in [-0.2, 0) is 11.3 Å². The van der Waals surface area contributed by atoms with Crippen LogP contribution in [0, 0.1) is 0 Å². The van der Waals surface area contributed by atoms with Gasteiger partial charge in [-0.05, 0) is 24.6 Å². The topological polar surface area (TPSA) is 55.4 Å². The molecule has 0 radical (unpaired) electrons. The molecule has 1 aliphatic heterocycles. The van der Waals surface area contributed by atoms with Gasteiger partial charge >= 0.3 is 5.97 Å². The van der Waals surface area contributed by atoms with Gasteiger partial charge in [0.05, 0.1) is 12.2 Å². The number of hydrogen-bond acceptors (Lipinski definition) is 3. The SMILES string of the molecule is CCOC(=O)c1ccc2c(c1)C(=O)NC2. The highest BCUT2D eigenvalue weighted by atomic mass is 16.5. The van der Waals surface area contributed by atoms with Gasteiger partial charge in [-0.15, -0.1) is 0 Å². The maximum absolute atomic E-state index is 11.4. The van der Waals surface area contributed by atoms with Gasteiger partial charge in [0.2, 0.25) is 0 Å². The van der Waals surface area contributed by atoms with E-state index in [0.29, 0.717) is 24.3 Å². The molecule has 2 rings (SSSR count). The minimum atomic E-state index is -0.389. The lowest BCUT2D eigenvalue weighted by Gasteiger charge is -2.02. The van der Waals surface area contributed by atoms with E-state index >= 15 is 0 Å². The zero-order chi connectivity index (χ0) is 10.8. The average molecular weight is 205 g/mol. The van der Waals surface area contributed by atoms with Crippen LogP contribution in [0.25, 0.3) is 0 Å². The Balaban J connectivity index is 2.33. The second-order valence-electron chi connectivity index (χ2n) is 3.28. The highest BCUT2D eigenvalue weighted by Crippen LogP contribution is 2.17. The Kier molecular flexibility index (Phi) is 2.41. The smallest absolute Gasteiger partial charge is 0.338 e. The van der Waals surface area contributed by atoms with Crippen molar-refractivity contribution in [1.29, 1.82) is 0 Å². The molecule has 0 atom stereocenters. The lowest BCUT2D eigenvalue weighted by Crippen LogP contribution is -2.13. The zero-order valence-corrected chi connectivity index (χ0v) is 8.37. The van der Waals surface area contributed by atoms with Crippen LogP contribution in [0.3, 0.4) is 0 Å². The van der Waals surface area contributed by atoms with Crippen molar-refractivity contribution in [3.8, 4) is 0 Å². The van der Waals surface area contributed by atoms with Crippen molar-refractivity contribution in [1.82, 2.24) is 5.32 Å². The number of carbonyl (C=O) groups excluding carboxylic acids is 2. The molecule has 0 saturated heterocycles. The molecule has 1 amide bonds. The summed E-state index contributed by atoms with van der Waals surface area (Å²) >= 11 is 0. The Labute approximate surface area is 87.2 Å². The molecule has 78 valence electrons. The minimum absolute atomic E-state index is 0.129. The first-order valence-electron chi connectivity index (χ1n) is 4.80. The lowest BCUT2D eigenvalue weighted by molar-refractivity contribution is 0.0526. The van der Waals surface area contributed by atoms with E-state index in [1.165, 1.54) is 0 Å². The number of nitrogens with one attached hydrogen (secondary N) is 1. The summed E-state index contributed by atoms with van der Waals surface area (Å²) in [4.78, 5) is 22.7. The summed E-state index contributed by atoms with van der Waals surface area (Å²) in [6, 6.07) is 5.03. The van der Waals surface area contributed by atoms with E-state index in [2.05, 4.69) is 5.32 Å². The number of esters is 1. The summed E-state index contributed by atoms with van der Waals surface area (Å²) in [6.45, 7) is 2.62. The molecule has 0 spiro atoms. The first kappa shape index (κ1) is 9.71. The highest BCUT2D eigenvalue weighted by Gasteiger charge is 2.20. The summed E-state index contributed by atoms with van der Waals surface area (Å²) in [6.07, 6.45) is 0. The summed E-state index contributed by atoms with van der Waals surface area (Å²) in [5.41, 5.74) is 1.92. The lowest BCUT2D eigenvalue weighted by atomic mass is 10.1. The normalized spacial score (nSPS) is 13.3. The molecule has 1 aromatic carbocycles. The number of rotatable bonds is 2. The van der Waals surface area contributed by atoms with E-state index in [1.54, 1.807) is 25.1 Å². The molecular formula is C11H11NO3. The van der Waals surface area contributed by atoms with Crippen molar-refractivity contribution in [2.24, 2.45) is 0 Å². The van der Waals surface area contributed by atoms with Crippen LogP contribution in [0.4, 0.5) is 0 Å². The van der Waals surface area contributed by atoms with Crippen LogP contribution in [0.15, 0.2) is 18.2 Å². The van der Waals surface area contributed by atoms with Crippen molar-refractivity contribution in [2.45, 2.75) is 13.5 Å². The standard InChI is InChI=1S/C11H11NO3/c1-2-15-11(14)7-3-4-8-6-12-10(13)9(8)5-7/h3-5H,2,6H2,1H3,(H,12,13). The fourth-order valence-electron chi connectivity index (χ4n) is 1.55. The molecular weight excluding hydrogens is 194 g/mol. The number of hydrogen-bond donors (Lipinski definition) is 1. The van der Waals surface area contributed by atoms with Crippen molar-refractivity contribution in [2.75, 3.05) is 6.61 Å². The summed E-state index contributed by atoms with van der Waals surface area (Å²) < 4.78 is 4.85. The molecule has 0 bridgehead atoms. The maximum Gasteiger partial charge on any atom is 0.338 e. The van der Waals surface area contributed by atoms with E-state index in [-0.39, 0.29) is 11.9 Å². The van der Waals surface area contributed by atoms with Gasteiger partial charge in [0.15, 0.2) is 0 Å². The van der Waals surface area contributed by atoms with Gasteiger partial charge < -0.3 is 10.1 Å². The molecule has 0 fully saturated rings. The van der Waals surface area contributed by atoms with Gasteiger partial charge in [-0.3, -0.25) is 4.79 Å². The first-order chi connectivity index (χ1) is 7.22. The summed E-state index contributed by atoms with van der Waals surface area (Å²) in [7, 11) is 0.